The van der Waals surface area contributed by atoms with Crippen molar-refractivity contribution in [1.29, 1.82) is 0 Å². The predicted octanol–water partition coefficient (Wildman–Crippen LogP) is 4.98. The van der Waals surface area contributed by atoms with Crippen molar-refractivity contribution in [2.24, 2.45) is 5.41 Å². The van der Waals surface area contributed by atoms with Crippen molar-refractivity contribution in [3.05, 3.63) is 59.2 Å². The molecule has 1 aliphatic heterocycles. The van der Waals surface area contributed by atoms with Gasteiger partial charge in [-0.05, 0) is 62.7 Å². The lowest BCUT2D eigenvalue weighted by atomic mass is 9.87. The van der Waals surface area contributed by atoms with E-state index in [-0.39, 0.29) is 22.6 Å². The zero-order valence-corrected chi connectivity index (χ0v) is 18.0. The van der Waals surface area contributed by atoms with Crippen LogP contribution in [-0.2, 0) is 10.2 Å². The molecule has 0 radical (unpaired) electrons. The van der Waals surface area contributed by atoms with Gasteiger partial charge in [-0.2, -0.15) is 0 Å². The minimum Gasteiger partial charge on any atom is -0.322 e. The number of carbonyl (C=O) groups excluding carboxylic acids is 2. The van der Waals surface area contributed by atoms with Gasteiger partial charge in [0.05, 0.1) is 0 Å². The Bertz CT molecular complexity index is 1020. The normalized spacial score (nSPS) is 14.6. The van der Waals surface area contributed by atoms with Gasteiger partial charge >= 0.3 is 0 Å². The Morgan fingerprint density at radius 1 is 1.07 bits per heavy atom. The van der Waals surface area contributed by atoms with Gasteiger partial charge in [0.2, 0.25) is 5.91 Å². The van der Waals surface area contributed by atoms with Gasteiger partial charge in [0.1, 0.15) is 0 Å². The summed E-state index contributed by atoms with van der Waals surface area (Å²) >= 11 is 0. The molecular formula is C25H28N2O2. The predicted molar refractivity (Wildman–Crippen MR) is 118 cm³/mol. The Morgan fingerprint density at radius 3 is 2.31 bits per heavy atom. The van der Waals surface area contributed by atoms with Crippen LogP contribution in [0.2, 0.25) is 0 Å². The monoisotopic (exact) mass is 388 g/mol. The van der Waals surface area contributed by atoms with Crippen LogP contribution in [0.4, 0.5) is 11.4 Å². The molecule has 0 bridgehead atoms. The summed E-state index contributed by atoms with van der Waals surface area (Å²) in [6.07, 6.45) is 0. The number of nitrogens with one attached hydrogen (secondary N) is 1. The van der Waals surface area contributed by atoms with E-state index in [1.807, 2.05) is 30.3 Å². The first kappa shape index (κ1) is 20.7. The highest BCUT2D eigenvalue weighted by Crippen LogP contribution is 2.41. The van der Waals surface area contributed by atoms with Crippen molar-refractivity contribution in [3.8, 4) is 11.8 Å². The fraction of sp³-hybridized carbons (Fsp3) is 0.360. The lowest BCUT2D eigenvalue weighted by Gasteiger charge is -2.19. The minimum atomic E-state index is -0.188. The molecule has 29 heavy (non-hydrogen) atoms. The van der Waals surface area contributed by atoms with Crippen molar-refractivity contribution in [2.45, 2.75) is 47.0 Å². The molecule has 4 nitrogen and oxygen atoms in total. The first-order valence-electron chi connectivity index (χ1n) is 9.83. The van der Waals surface area contributed by atoms with E-state index in [1.54, 1.807) is 24.0 Å². The van der Waals surface area contributed by atoms with Crippen LogP contribution in [0.25, 0.3) is 0 Å². The van der Waals surface area contributed by atoms with Crippen LogP contribution >= 0.6 is 0 Å². The van der Waals surface area contributed by atoms with Crippen molar-refractivity contribution in [1.82, 2.24) is 0 Å². The van der Waals surface area contributed by atoms with Crippen molar-refractivity contribution >= 4 is 23.2 Å². The molecule has 0 saturated heterocycles. The van der Waals surface area contributed by atoms with Gasteiger partial charge in [-0.3, -0.25) is 9.59 Å². The molecule has 0 spiro atoms. The van der Waals surface area contributed by atoms with E-state index >= 15 is 0 Å². The number of fused-ring (bicyclic) bond motifs is 1. The van der Waals surface area contributed by atoms with E-state index in [1.165, 1.54) is 0 Å². The molecule has 0 fully saturated rings. The molecule has 1 N–H and O–H groups in total. The van der Waals surface area contributed by atoms with Crippen LogP contribution < -0.4 is 10.2 Å². The maximum Gasteiger partial charge on any atom is 0.255 e. The third kappa shape index (κ3) is 4.68. The molecule has 2 aromatic rings. The Balaban J connectivity index is 1.79. The van der Waals surface area contributed by atoms with Crippen molar-refractivity contribution in [3.63, 3.8) is 0 Å². The Labute approximate surface area is 173 Å². The number of hydrogen-bond acceptors (Lipinski definition) is 2. The van der Waals surface area contributed by atoms with E-state index in [9.17, 15) is 9.59 Å². The largest absolute Gasteiger partial charge is 0.322 e. The molecule has 3 rings (SSSR count). The average molecular weight is 389 g/mol. The number of anilines is 2. The molecule has 1 heterocycles. The summed E-state index contributed by atoms with van der Waals surface area (Å²) in [7, 11) is 0. The summed E-state index contributed by atoms with van der Waals surface area (Å²) in [5.41, 5.74) is 3.94. The fourth-order valence-electron chi connectivity index (χ4n) is 3.42. The second-order valence-corrected chi connectivity index (χ2v) is 9.25. The molecule has 0 aliphatic carbocycles. The quantitative estimate of drug-likeness (QED) is 0.738. The molecule has 1 aliphatic rings. The van der Waals surface area contributed by atoms with Gasteiger partial charge < -0.3 is 10.2 Å². The van der Waals surface area contributed by atoms with Crippen LogP contribution in [0.1, 0.15) is 63.0 Å². The molecule has 2 aromatic carbocycles. The number of nitrogens with zero attached hydrogens (tertiary/aromatic N) is 1. The SMILES string of the molecule is CC(=O)N1CC(C)(C)c2ccc(NC(=O)c3ccc(C#CC(C)(C)C)cc3)cc21. The smallest absolute Gasteiger partial charge is 0.255 e. The van der Waals surface area contributed by atoms with Crippen LogP contribution in [0, 0.1) is 17.3 Å². The summed E-state index contributed by atoms with van der Waals surface area (Å²) in [4.78, 5) is 26.5. The lowest BCUT2D eigenvalue weighted by molar-refractivity contribution is -0.116. The number of benzene rings is 2. The van der Waals surface area contributed by atoms with Gasteiger partial charge in [-0.25, -0.2) is 0 Å². The maximum absolute atomic E-state index is 12.7. The van der Waals surface area contributed by atoms with Crippen LogP contribution in [0.15, 0.2) is 42.5 Å². The Morgan fingerprint density at radius 2 is 1.72 bits per heavy atom. The first-order chi connectivity index (χ1) is 13.5. The highest BCUT2D eigenvalue weighted by atomic mass is 16.2. The van der Waals surface area contributed by atoms with Crippen LogP contribution in [0.3, 0.4) is 0 Å². The lowest BCUT2D eigenvalue weighted by Crippen LogP contribution is -2.32. The summed E-state index contributed by atoms with van der Waals surface area (Å²) in [5.74, 6) is 6.14. The number of hydrogen-bond donors (Lipinski definition) is 1. The molecule has 2 amide bonds. The third-order valence-electron chi connectivity index (χ3n) is 4.94. The van der Waals surface area contributed by atoms with E-state index < -0.39 is 0 Å². The highest BCUT2D eigenvalue weighted by molar-refractivity contribution is 6.05. The van der Waals surface area contributed by atoms with Gasteiger partial charge in [-0.1, -0.05) is 31.8 Å². The molecule has 0 aromatic heterocycles. The van der Waals surface area contributed by atoms with Gasteiger partial charge in [0, 0.05) is 46.8 Å². The minimum absolute atomic E-state index is 0.00672. The van der Waals surface area contributed by atoms with E-state index in [4.69, 9.17) is 0 Å². The number of amides is 2. The van der Waals surface area contributed by atoms with Gasteiger partial charge in [0.25, 0.3) is 5.91 Å². The Hall–Kier alpha value is -3.06. The summed E-state index contributed by atoms with van der Waals surface area (Å²) in [5, 5.41) is 2.94. The molecule has 150 valence electrons. The second-order valence-electron chi connectivity index (χ2n) is 9.25. The van der Waals surface area contributed by atoms with Crippen LogP contribution in [-0.4, -0.2) is 18.4 Å². The van der Waals surface area contributed by atoms with E-state index in [0.29, 0.717) is 17.8 Å². The third-order valence-corrected chi connectivity index (χ3v) is 4.94. The summed E-state index contributed by atoms with van der Waals surface area (Å²) in [6, 6.07) is 13.0. The number of carbonyl (C=O) groups is 2. The highest BCUT2D eigenvalue weighted by Gasteiger charge is 2.36. The Kier molecular flexibility index (Phi) is 5.28. The standard InChI is InChI=1S/C25H28N2O2/c1-17(28)27-16-25(5,6)21-12-11-20(15-22(21)27)26-23(29)19-9-7-18(8-10-19)13-14-24(2,3)4/h7-12,15H,16H2,1-6H3,(H,26,29). The summed E-state index contributed by atoms with van der Waals surface area (Å²) in [6.45, 7) is 12.6. The van der Waals surface area contributed by atoms with Gasteiger partial charge in [0.15, 0.2) is 0 Å². The number of rotatable bonds is 2. The van der Waals surface area contributed by atoms with Crippen LogP contribution in [0.5, 0.6) is 0 Å². The average Bonchev–Trinajstić information content (AvgIpc) is 2.91. The molecule has 0 saturated carbocycles. The van der Waals surface area contributed by atoms with Gasteiger partial charge in [-0.15, -0.1) is 0 Å². The second kappa shape index (κ2) is 7.40. The molecule has 4 heteroatoms. The maximum atomic E-state index is 12.7. The zero-order chi connectivity index (χ0) is 21.4. The van der Waals surface area contributed by atoms with Crippen molar-refractivity contribution in [2.75, 3.05) is 16.8 Å². The van der Waals surface area contributed by atoms with Crippen molar-refractivity contribution < 1.29 is 9.59 Å². The molecule has 0 atom stereocenters. The van der Waals surface area contributed by atoms with E-state index in [0.717, 1.165) is 16.8 Å². The molecule has 0 unspecified atom stereocenters. The zero-order valence-electron chi connectivity index (χ0n) is 18.0. The molecular weight excluding hydrogens is 360 g/mol. The topological polar surface area (TPSA) is 49.4 Å². The van der Waals surface area contributed by atoms with E-state index in [2.05, 4.69) is 51.8 Å². The first-order valence-corrected chi connectivity index (χ1v) is 9.83. The summed E-state index contributed by atoms with van der Waals surface area (Å²) < 4.78 is 0. The fourth-order valence-corrected chi connectivity index (χ4v) is 3.42.